The van der Waals surface area contributed by atoms with Crippen LogP contribution < -0.4 is 5.69 Å². The Morgan fingerprint density at radius 2 is 1.83 bits per heavy atom. The highest BCUT2D eigenvalue weighted by atomic mass is 16.1. The van der Waals surface area contributed by atoms with Crippen LogP contribution in [-0.4, -0.2) is 14.9 Å². The third-order valence-corrected chi connectivity index (χ3v) is 4.00. The summed E-state index contributed by atoms with van der Waals surface area (Å²) in [6.07, 6.45) is 0.991. The minimum absolute atomic E-state index is 0.0608. The molecule has 2 atom stereocenters. The van der Waals surface area contributed by atoms with Crippen molar-refractivity contribution in [1.29, 1.82) is 0 Å². The van der Waals surface area contributed by atoms with Crippen molar-refractivity contribution in [2.75, 3.05) is 0 Å². The van der Waals surface area contributed by atoms with Gasteiger partial charge in [-0.2, -0.15) is 0 Å². The van der Waals surface area contributed by atoms with Crippen LogP contribution in [0.3, 0.4) is 0 Å². The molecule has 1 heterocycles. The van der Waals surface area contributed by atoms with Gasteiger partial charge in [-0.15, -0.1) is 0 Å². The molecule has 1 fully saturated rings. The zero-order chi connectivity index (χ0) is 13.0. The minimum Gasteiger partial charge on any atom is -0.295 e. The Hall–Kier alpha value is -1.84. The van der Waals surface area contributed by atoms with E-state index in [4.69, 9.17) is 0 Å². The van der Waals surface area contributed by atoms with E-state index in [1.165, 1.54) is 0 Å². The molecule has 3 rings (SSSR count). The van der Waals surface area contributed by atoms with Crippen LogP contribution in [-0.2, 0) is 14.1 Å². The number of imidazole rings is 1. The maximum Gasteiger partial charge on any atom is 0.328 e. The van der Waals surface area contributed by atoms with Crippen LogP contribution in [0, 0.1) is 11.8 Å². The van der Waals surface area contributed by atoms with Gasteiger partial charge in [0, 0.05) is 25.6 Å². The van der Waals surface area contributed by atoms with Crippen molar-refractivity contribution >= 4 is 16.8 Å². The van der Waals surface area contributed by atoms with Gasteiger partial charge in [0.1, 0.15) is 0 Å². The molecule has 0 saturated heterocycles. The summed E-state index contributed by atoms with van der Waals surface area (Å²) >= 11 is 0. The highest BCUT2D eigenvalue weighted by Gasteiger charge is 2.39. The van der Waals surface area contributed by atoms with Gasteiger partial charge in [-0.25, -0.2) is 4.79 Å². The Balaban J connectivity index is 2.14. The van der Waals surface area contributed by atoms with E-state index >= 15 is 0 Å². The predicted octanol–water partition coefficient (Wildman–Crippen LogP) is 1.72. The third kappa shape index (κ3) is 1.45. The van der Waals surface area contributed by atoms with Crippen molar-refractivity contribution < 1.29 is 4.79 Å². The van der Waals surface area contributed by atoms with Crippen molar-refractivity contribution in [2.24, 2.45) is 25.9 Å². The number of carbonyl (C=O) groups excluding carboxylic acids is 1. The third-order valence-electron chi connectivity index (χ3n) is 4.00. The van der Waals surface area contributed by atoms with Crippen LogP contribution in [0.15, 0.2) is 23.0 Å². The van der Waals surface area contributed by atoms with Gasteiger partial charge in [-0.05, 0) is 30.5 Å². The molecule has 0 radical (unpaired) electrons. The largest absolute Gasteiger partial charge is 0.328 e. The second kappa shape index (κ2) is 3.57. The number of Topliss-reactive ketones (excluding diaryl/α,β-unsaturated/α-hetero) is 1. The summed E-state index contributed by atoms with van der Waals surface area (Å²) in [5.74, 6) is 0.900. The van der Waals surface area contributed by atoms with E-state index in [9.17, 15) is 9.59 Å². The molecule has 0 bridgehead atoms. The molecular weight excluding hydrogens is 228 g/mol. The highest BCUT2D eigenvalue weighted by Crippen LogP contribution is 2.40. The molecule has 1 aliphatic carbocycles. The van der Waals surface area contributed by atoms with Gasteiger partial charge in [0.05, 0.1) is 11.0 Å². The lowest BCUT2D eigenvalue weighted by Gasteiger charge is -2.01. The standard InChI is InChI=1S/C14H16N2O2/c1-8-6-10(8)13(17)9-4-5-11-12(7-9)16(3)14(18)15(11)2/h4-5,7-8,10H,6H2,1-3H3. The molecule has 0 amide bonds. The first kappa shape index (κ1) is 11.3. The molecule has 18 heavy (non-hydrogen) atoms. The topological polar surface area (TPSA) is 44.0 Å². The lowest BCUT2D eigenvalue weighted by molar-refractivity contribution is 0.0962. The fourth-order valence-corrected chi connectivity index (χ4v) is 2.56. The maximum atomic E-state index is 12.2. The first-order chi connectivity index (χ1) is 8.50. The number of nitrogens with zero attached hydrogens (tertiary/aromatic N) is 2. The summed E-state index contributed by atoms with van der Waals surface area (Å²) in [6.45, 7) is 2.10. The molecule has 1 aromatic heterocycles. The zero-order valence-corrected chi connectivity index (χ0v) is 10.8. The van der Waals surface area contributed by atoms with E-state index < -0.39 is 0 Å². The average Bonchev–Trinajstić information content (AvgIpc) is 3.07. The lowest BCUT2D eigenvalue weighted by Crippen LogP contribution is -2.19. The normalized spacial score (nSPS) is 22.4. The summed E-state index contributed by atoms with van der Waals surface area (Å²) in [4.78, 5) is 24.0. The van der Waals surface area contributed by atoms with E-state index in [2.05, 4.69) is 6.92 Å². The molecular formula is C14H16N2O2. The Kier molecular flexibility index (Phi) is 2.24. The minimum atomic E-state index is -0.0608. The highest BCUT2D eigenvalue weighted by molar-refractivity contribution is 6.01. The molecule has 1 aromatic carbocycles. The Morgan fingerprint density at radius 3 is 2.44 bits per heavy atom. The summed E-state index contributed by atoms with van der Waals surface area (Å²) in [7, 11) is 3.48. The quantitative estimate of drug-likeness (QED) is 0.755. The number of benzene rings is 1. The van der Waals surface area contributed by atoms with Crippen molar-refractivity contribution in [3.05, 3.63) is 34.2 Å². The molecule has 4 nitrogen and oxygen atoms in total. The first-order valence-corrected chi connectivity index (χ1v) is 6.20. The van der Waals surface area contributed by atoms with Crippen molar-refractivity contribution in [3.8, 4) is 0 Å². The number of hydrogen-bond donors (Lipinski definition) is 0. The Bertz CT molecular complexity index is 708. The van der Waals surface area contributed by atoms with Gasteiger partial charge in [0.2, 0.25) is 0 Å². The van der Waals surface area contributed by atoms with Crippen molar-refractivity contribution in [2.45, 2.75) is 13.3 Å². The Morgan fingerprint density at radius 1 is 1.22 bits per heavy atom. The fourth-order valence-electron chi connectivity index (χ4n) is 2.56. The molecule has 4 heteroatoms. The number of rotatable bonds is 2. The van der Waals surface area contributed by atoms with E-state index in [1.54, 1.807) is 23.2 Å². The second-order valence-electron chi connectivity index (χ2n) is 5.29. The predicted molar refractivity (Wildman–Crippen MR) is 69.8 cm³/mol. The number of carbonyl (C=O) groups is 1. The van der Waals surface area contributed by atoms with Crippen LogP contribution >= 0.6 is 0 Å². The van der Waals surface area contributed by atoms with E-state index in [0.29, 0.717) is 5.92 Å². The number of aromatic nitrogens is 2. The fraction of sp³-hybridized carbons (Fsp3) is 0.429. The summed E-state index contributed by atoms with van der Waals surface area (Å²) in [5, 5.41) is 0. The van der Waals surface area contributed by atoms with Crippen molar-refractivity contribution in [1.82, 2.24) is 9.13 Å². The molecule has 0 spiro atoms. The molecule has 2 aromatic rings. The van der Waals surface area contributed by atoms with E-state index in [1.807, 2.05) is 18.2 Å². The first-order valence-electron chi connectivity index (χ1n) is 6.20. The van der Waals surface area contributed by atoms with E-state index in [-0.39, 0.29) is 17.4 Å². The van der Waals surface area contributed by atoms with Gasteiger partial charge < -0.3 is 0 Å². The smallest absolute Gasteiger partial charge is 0.295 e. The van der Waals surface area contributed by atoms with Crippen molar-refractivity contribution in [3.63, 3.8) is 0 Å². The monoisotopic (exact) mass is 244 g/mol. The molecule has 1 saturated carbocycles. The average molecular weight is 244 g/mol. The van der Waals surface area contributed by atoms with Gasteiger partial charge in [-0.1, -0.05) is 6.92 Å². The maximum absolute atomic E-state index is 12.2. The van der Waals surface area contributed by atoms with Crippen LogP contribution in [0.4, 0.5) is 0 Å². The van der Waals surface area contributed by atoms with Gasteiger partial charge >= 0.3 is 5.69 Å². The summed E-state index contributed by atoms with van der Waals surface area (Å²) in [6, 6.07) is 5.52. The Labute approximate surface area is 105 Å². The van der Waals surface area contributed by atoms with Gasteiger partial charge in [0.25, 0.3) is 0 Å². The second-order valence-corrected chi connectivity index (χ2v) is 5.29. The zero-order valence-electron chi connectivity index (χ0n) is 10.8. The molecule has 0 aliphatic heterocycles. The van der Waals surface area contributed by atoms with Crippen LogP contribution in [0.5, 0.6) is 0 Å². The van der Waals surface area contributed by atoms with Crippen LogP contribution in [0.1, 0.15) is 23.7 Å². The summed E-state index contributed by atoms with van der Waals surface area (Å²) < 4.78 is 3.19. The molecule has 2 unspecified atom stereocenters. The number of ketones is 1. The number of aryl methyl sites for hydroxylation is 2. The molecule has 0 N–H and O–H groups in total. The molecule has 94 valence electrons. The molecule has 1 aliphatic rings. The lowest BCUT2D eigenvalue weighted by atomic mass is 10.1. The number of hydrogen-bond acceptors (Lipinski definition) is 2. The van der Waals surface area contributed by atoms with E-state index in [0.717, 1.165) is 23.0 Å². The van der Waals surface area contributed by atoms with Gasteiger partial charge in [0.15, 0.2) is 5.78 Å². The van der Waals surface area contributed by atoms with Crippen LogP contribution in [0.2, 0.25) is 0 Å². The van der Waals surface area contributed by atoms with Gasteiger partial charge in [-0.3, -0.25) is 13.9 Å². The summed E-state index contributed by atoms with van der Waals surface area (Å²) in [5.41, 5.74) is 2.34. The SMILES string of the molecule is CC1CC1C(=O)c1ccc2c(c1)n(C)c(=O)n2C. The van der Waals surface area contributed by atoms with Crippen LogP contribution in [0.25, 0.3) is 11.0 Å². The number of fused-ring (bicyclic) bond motifs is 1.